The Labute approximate surface area is 194 Å². The van der Waals surface area contributed by atoms with E-state index in [-0.39, 0.29) is 30.3 Å². The zero-order valence-corrected chi connectivity index (χ0v) is 19.6. The molecule has 1 fully saturated rings. The number of benzene rings is 2. The smallest absolute Gasteiger partial charge is 0.247 e. The maximum Gasteiger partial charge on any atom is 0.247 e. The summed E-state index contributed by atoms with van der Waals surface area (Å²) >= 11 is 12.3. The van der Waals surface area contributed by atoms with Crippen LogP contribution in [0.2, 0.25) is 5.02 Å². The summed E-state index contributed by atoms with van der Waals surface area (Å²) in [5, 5.41) is 3.76. The van der Waals surface area contributed by atoms with Crippen molar-refractivity contribution in [3.63, 3.8) is 0 Å². The molecule has 1 saturated carbocycles. The van der Waals surface area contributed by atoms with E-state index in [1.54, 1.807) is 11.0 Å². The zero-order chi connectivity index (χ0) is 22.4. The van der Waals surface area contributed by atoms with Gasteiger partial charge in [0.25, 0.3) is 0 Å². The molecule has 4 nitrogen and oxygen atoms in total. The van der Waals surface area contributed by atoms with Crippen LogP contribution in [0.1, 0.15) is 55.3 Å². The lowest BCUT2D eigenvalue weighted by atomic mass is 9.87. The van der Waals surface area contributed by atoms with Crippen LogP contribution in [0, 0.1) is 12.8 Å². The minimum Gasteiger partial charge on any atom is -0.351 e. The first-order valence-corrected chi connectivity index (χ1v) is 11.8. The maximum absolute atomic E-state index is 13.5. The molecule has 2 amide bonds. The van der Waals surface area contributed by atoms with Crippen molar-refractivity contribution in [3.05, 3.63) is 70.2 Å². The molecular weight excluding hydrogens is 431 g/mol. The highest BCUT2D eigenvalue weighted by Crippen LogP contribution is 2.29. The van der Waals surface area contributed by atoms with Crippen LogP contribution in [-0.2, 0) is 16.1 Å². The van der Waals surface area contributed by atoms with Gasteiger partial charge in [0, 0.05) is 17.6 Å². The number of alkyl halides is 1. The first-order chi connectivity index (χ1) is 14.9. The molecule has 2 aromatic rings. The molecule has 2 aromatic carbocycles. The van der Waals surface area contributed by atoms with Crippen LogP contribution in [-0.4, -0.2) is 28.6 Å². The van der Waals surface area contributed by atoms with Gasteiger partial charge < -0.3 is 10.2 Å². The fourth-order valence-corrected chi connectivity index (χ4v) is 4.47. The number of halogens is 2. The Kier molecular flexibility index (Phi) is 8.39. The molecule has 6 heteroatoms. The molecule has 1 N–H and O–H groups in total. The second kappa shape index (κ2) is 11.0. The fourth-order valence-electron chi connectivity index (χ4n) is 4.12. The molecule has 1 aliphatic rings. The lowest BCUT2D eigenvalue weighted by Gasteiger charge is -2.34. The SMILES string of the molecule is Cc1ccc([C@@H](C(=O)NC2CCC(C)CC2)N(Cc2ccccc2Cl)C(=O)CCl)cc1. The highest BCUT2D eigenvalue weighted by Gasteiger charge is 2.33. The predicted octanol–water partition coefficient (Wildman–Crippen LogP) is 5.65. The van der Waals surface area contributed by atoms with Crippen molar-refractivity contribution in [2.45, 2.75) is 58.2 Å². The van der Waals surface area contributed by atoms with E-state index in [0.717, 1.165) is 42.4 Å². The highest BCUT2D eigenvalue weighted by atomic mass is 35.5. The van der Waals surface area contributed by atoms with E-state index < -0.39 is 6.04 Å². The Bertz CT molecular complexity index is 893. The number of carbonyl (C=O) groups excluding carboxylic acids is 2. The minimum atomic E-state index is -0.775. The van der Waals surface area contributed by atoms with Crippen molar-refractivity contribution in [1.29, 1.82) is 0 Å². The van der Waals surface area contributed by atoms with Crippen LogP contribution >= 0.6 is 23.2 Å². The van der Waals surface area contributed by atoms with Crippen LogP contribution in [0.5, 0.6) is 0 Å². The van der Waals surface area contributed by atoms with Gasteiger partial charge >= 0.3 is 0 Å². The van der Waals surface area contributed by atoms with Crippen LogP contribution in [0.25, 0.3) is 0 Å². The minimum absolute atomic E-state index is 0.130. The quantitative estimate of drug-likeness (QED) is 0.542. The van der Waals surface area contributed by atoms with E-state index in [1.807, 2.05) is 49.4 Å². The summed E-state index contributed by atoms with van der Waals surface area (Å²) in [4.78, 5) is 28.0. The third kappa shape index (κ3) is 6.24. The molecule has 166 valence electrons. The van der Waals surface area contributed by atoms with Crippen LogP contribution < -0.4 is 5.32 Å². The Morgan fingerprint density at radius 3 is 2.32 bits per heavy atom. The maximum atomic E-state index is 13.5. The number of carbonyl (C=O) groups is 2. The molecule has 0 heterocycles. The van der Waals surface area contributed by atoms with Gasteiger partial charge in [-0.05, 0) is 55.7 Å². The van der Waals surface area contributed by atoms with Crippen molar-refractivity contribution in [2.75, 3.05) is 5.88 Å². The van der Waals surface area contributed by atoms with Gasteiger partial charge in [-0.1, -0.05) is 66.6 Å². The molecule has 0 saturated heterocycles. The molecule has 1 aliphatic carbocycles. The van der Waals surface area contributed by atoms with Crippen LogP contribution in [0.15, 0.2) is 48.5 Å². The summed E-state index contributed by atoms with van der Waals surface area (Å²) in [6.45, 7) is 4.45. The average molecular weight is 461 g/mol. The fraction of sp³-hybridized carbons (Fsp3) is 0.440. The zero-order valence-electron chi connectivity index (χ0n) is 18.1. The molecule has 3 rings (SSSR count). The van der Waals surface area contributed by atoms with Gasteiger partial charge in [0.2, 0.25) is 11.8 Å². The number of amides is 2. The number of nitrogens with one attached hydrogen (secondary N) is 1. The first-order valence-electron chi connectivity index (χ1n) is 10.8. The van der Waals surface area contributed by atoms with E-state index in [1.165, 1.54) is 0 Å². The van der Waals surface area contributed by atoms with Crippen molar-refractivity contribution >= 4 is 35.0 Å². The van der Waals surface area contributed by atoms with Gasteiger partial charge in [-0.25, -0.2) is 0 Å². The van der Waals surface area contributed by atoms with Crippen LogP contribution in [0.4, 0.5) is 0 Å². The van der Waals surface area contributed by atoms with E-state index >= 15 is 0 Å². The molecular formula is C25H30Cl2N2O2. The molecule has 0 bridgehead atoms. The predicted molar refractivity (Wildman–Crippen MR) is 126 cm³/mol. The van der Waals surface area contributed by atoms with Gasteiger partial charge in [0.1, 0.15) is 11.9 Å². The van der Waals surface area contributed by atoms with Gasteiger partial charge in [-0.15, -0.1) is 11.6 Å². The number of rotatable bonds is 7. The van der Waals surface area contributed by atoms with E-state index in [2.05, 4.69) is 12.2 Å². The lowest BCUT2D eigenvalue weighted by molar-refractivity contribution is -0.140. The Morgan fingerprint density at radius 2 is 1.71 bits per heavy atom. The van der Waals surface area contributed by atoms with Crippen molar-refractivity contribution in [2.24, 2.45) is 5.92 Å². The third-order valence-corrected chi connectivity index (χ3v) is 6.65. The van der Waals surface area contributed by atoms with Crippen molar-refractivity contribution < 1.29 is 9.59 Å². The van der Waals surface area contributed by atoms with E-state index in [4.69, 9.17) is 23.2 Å². The largest absolute Gasteiger partial charge is 0.351 e. The molecule has 0 radical (unpaired) electrons. The summed E-state index contributed by atoms with van der Waals surface area (Å²) in [7, 11) is 0. The second-order valence-corrected chi connectivity index (χ2v) is 9.20. The monoisotopic (exact) mass is 460 g/mol. The molecule has 31 heavy (non-hydrogen) atoms. The van der Waals surface area contributed by atoms with E-state index in [9.17, 15) is 9.59 Å². The van der Waals surface area contributed by atoms with Crippen molar-refractivity contribution in [1.82, 2.24) is 10.2 Å². The van der Waals surface area contributed by atoms with Gasteiger partial charge in [-0.2, -0.15) is 0 Å². The second-order valence-electron chi connectivity index (χ2n) is 8.53. The lowest BCUT2D eigenvalue weighted by Crippen LogP contribution is -2.47. The Balaban J connectivity index is 1.93. The summed E-state index contributed by atoms with van der Waals surface area (Å²) in [5.41, 5.74) is 2.63. The summed E-state index contributed by atoms with van der Waals surface area (Å²) in [6, 6.07) is 14.4. The number of aryl methyl sites for hydroxylation is 1. The first kappa shape index (κ1) is 23.6. The van der Waals surface area contributed by atoms with Gasteiger partial charge in [0.05, 0.1) is 0 Å². The number of hydrogen-bond acceptors (Lipinski definition) is 2. The number of hydrogen-bond donors (Lipinski definition) is 1. The molecule has 1 atom stereocenters. The molecule has 0 aromatic heterocycles. The van der Waals surface area contributed by atoms with Crippen LogP contribution in [0.3, 0.4) is 0 Å². The molecule has 0 spiro atoms. The van der Waals surface area contributed by atoms with Crippen molar-refractivity contribution in [3.8, 4) is 0 Å². The van der Waals surface area contributed by atoms with E-state index in [0.29, 0.717) is 10.9 Å². The van der Waals surface area contributed by atoms with Gasteiger partial charge in [0.15, 0.2) is 0 Å². The Morgan fingerprint density at radius 1 is 1.06 bits per heavy atom. The molecule has 0 aliphatic heterocycles. The normalized spacial score (nSPS) is 19.5. The number of nitrogens with zero attached hydrogens (tertiary/aromatic N) is 1. The summed E-state index contributed by atoms with van der Waals surface area (Å²) in [6.07, 6.45) is 4.12. The standard InChI is InChI=1S/C25H30Cl2N2O2/c1-17-7-11-19(12-8-17)24(25(31)28-21-13-9-18(2)10-14-21)29(23(30)15-26)16-20-5-3-4-6-22(20)27/h3-8,11-12,18,21,24H,9-10,13-16H2,1-2H3,(H,28,31)/t18?,21?,24-/m0/s1. The third-order valence-electron chi connectivity index (χ3n) is 6.05. The summed E-state index contributed by atoms with van der Waals surface area (Å²) in [5.74, 6) is 0.00482. The molecule has 0 unspecified atom stereocenters. The highest BCUT2D eigenvalue weighted by molar-refractivity contribution is 6.31. The summed E-state index contributed by atoms with van der Waals surface area (Å²) < 4.78 is 0. The Hall–Kier alpha value is -2.04. The van der Waals surface area contributed by atoms with Gasteiger partial charge in [-0.3, -0.25) is 9.59 Å². The topological polar surface area (TPSA) is 49.4 Å². The average Bonchev–Trinajstić information content (AvgIpc) is 2.77.